The Morgan fingerprint density at radius 1 is 1.09 bits per heavy atom. The number of rotatable bonds is 12. The molecule has 34 heavy (non-hydrogen) atoms. The summed E-state index contributed by atoms with van der Waals surface area (Å²) in [6.45, 7) is 6.60. The third kappa shape index (κ3) is 8.02. The van der Waals surface area contributed by atoms with Crippen molar-refractivity contribution in [3.05, 3.63) is 64.7 Å². The van der Waals surface area contributed by atoms with Crippen molar-refractivity contribution in [1.82, 2.24) is 10.2 Å². The summed E-state index contributed by atoms with van der Waals surface area (Å²) in [4.78, 5) is 27.6. The first kappa shape index (κ1) is 27.7. The van der Waals surface area contributed by atoms with Crippen molar-refractivity contribution in [2.75, 3.05) is 23.7 Å². The van der Waals surface area contributed by atoms with Crippen molar-refractivity contribution in [1.29, 1.82) is 0 Å². The summed E-state index contributed by atoms with van der Waals surface area (Å²) in [6, 6.07) is 13.8. The molecule has 9 heteroatoms. The molecule has 0 heterocycles. The van der Waals surface area contributed by atoms with Crippen LogP contribution in [0.2, 0.25) is 5.02 Å². The van der Waals surface area contributed by atoms with Gasteiger partial charge in [0.25, 0.3) is 0 Å². The molecule has 2 aromatic carbocycles. The van der Waals surface area contributed by atoms with Gasteiger partial charge in [-0.1, -0.05) is 54.4 Å². The Hall–Kier alpha value is -2.58. The number of hydrogen-bond donors (Lipinski definition) is 1. The zero-order chi connectivity index (χ0) is 25.3. The smallest absolute Gasteiger partial charge is 0.242 e. The highest BCUT2D eigenvalue weighted by Crippen LogP contribution is 2.23. The lowest BCUT2D eigenvalue weighted by Gasteiger charge is -2.31. The summed E-state index contributed by atoms with van der Waals surface area (Å²) >= 11 is 6.04. The van der Waals surface area contributed by atoms with Gasteiger partial charge in [-0.25, -0.2) is 8.42 Å². The Morgan fingerprint density at radius 3 is 2.38 bits per heavy atom. The second kappa shape index (κ2) is 12.8. The van der Waals surface area contributed by atoms with Gasteiger partial charge in [-0.3, -0.25) is 13.9 Å². The normalized spacial score (nSPS) is 12.1. The maximum absolute atomic E-state index is 13.3. The standard InChI is InChI=1S/C25H34ClN3O4S/c1-5-23(25(31)27-6-2)28(18-20-11-7-10-19(3)16-20)24(30)14-9-15-29(34(4,32)33)22-13-8-12-21(26)17-22/h7-8,10-13,16-17,23H,5-6,9,14-15,18H2,1-4H3,(H,27,31)/t23-/m0/s1. The topological polar surface area (TPSA) is 86.8 Å². The predicted molar refractivity (Wildman–Crippen MR) is 137 cm³/mol. The first-order valence-electron chi connectivity index (χ1n) is 11.4. The fraction of sp³-hybridized carbons (Fsp3) is 0.440. The van der Waals surface area contributed by atoms with Crippen molar-refractivity contribution < 1.29 is 18.0 Å². The largest absolute Gasteiger partial charge is 0.355 e. The molecule has 0 saturated carbocycles. The van der Waals surface area contributed by atoms with E-state index in [0.717, 1.165) is 17.4 Å². The summed E-state index contributed by atoms with van der Waals surface area (Å²) in [5.74, 6) is -0.387. The van der Waals surface area contributed by atoms with E-state index >= 15 is 0 Å². The molecule has 1 atom stereocenters. The van der Waals surface area contributed by atoms with Gasteiger partial charge < -0.3 is 10.2 Å². The molecule has 2 rings (SSSR count). The molecule has 0 aliphatic rings. The van der Waals surface area contributed by atoms with E-state index in [1.807, 2.05) is 45.0 Å². The second-order valence-electron chi connectivity index (χ2n) is 8.25. The van der Waals surface area contributed by atoms with Gasteiger partial charge in [-0.05, 0) is 50.5 Å². The lowest BCUT2D eigenvalue weighted by atomic mass is 10.1. The van der Waals surface area contributed by atoms with E-state index in [1.165, 1.54) is 4.31 Å². The number of sulfonamides is 1. The van der Waals surface area contributed by atoms with Gasteiger partial charge in [-0.2, -0.15) is 0 Å². The monoisotopic (exact) mass is 507 g/mol. The fourth-order valence-corrected chi connectivity index (χ4v) is 5.00. The minimum Gasteiger partial charge on any atom is -0.355 e. The third-order valence-electron chi connectivity index (χ3n) is 5.42. The fourth-order valence-electron chi connectivity index (χ4n) is 3.85. The number of hydrogen-bond acceptors (Lipinski definition) is 4. The molecule has 0 aliphatic carbocycles. The van der Waals surface area contributed by atoms with Gasteiger partial charge in [0, 0.05) is 31.1 Å². The molecule has 1 N–H and O–H groups in total. The molecule has 0 radical (unpaired) electrons. The summed E-state index contributed by atoms with van der Waals surface area (Å²) in [6.07, 6.45) is 2.01. The Morgan fingerprint density at radius 2 is 1.79 bits per heavy atom. The second-order valence-corrected chi connectivity index (χ2v) is 10.6. The third-order valence-corrected chi connectivity index (χ3v) is 6.85. The number of nitrogens with zero attached hydrogens (tertiary/aromatic N) is 2. The lowest BCUT2D eigenvalue weighted by molar-refractivity contribution is -0.141. The van der Waals surface area contributed by atoms with Crippen molar-refractivity contribution in [3.63, 3.8) is 0 Å². The van der Waals surface area contributed by atoms with Gasteiger partial charge >= 0.3 is 0 Å². The van der Waals surface area contributed by atoms with Crippen molar-refractivity contribution in [3.8, 4) is 0 Å². The van der Waals surface area contributed by atoms with Crippen LogP contribution in [-0.4, -0.2) is 50.5 Å². The average Bonchev–Trinajstić information content (AvgIpc) is 2.75. The zero-order valence-corrected chi connectivity index (χ0v) is 21.8. The first-order chi connectivity index (χ1) is 16.1. The first-order valence-corrected chi connectivity index (χ1v) is 13.7. The van der Waals surface area contributed by atoms with E-state index in [-0.39, 0.29) is 24.8 Å². The van der Waals surface area contributed by atoms with Gasteiger partial charge in [0.2, 0.25) is 21.8 Å². The predicted octanol–water partition coefficient (Wildman–Crippen LogP) is 4.14. The minimum atomic E-state index is -3.56. The van der Waals surface area contributed by atoms with Crippen molar-refractivity contribution in [2.24, 2.45) is 0 Å². The number of benzene rings is 2. The molecule has 0 aromatic heterocycles. The highest BCUT2D eigenvalue weighted by atomic mass is 35.5. The van der Waals surface area contributed by atoms with Gasteiger partial charge in [-0.15, -0.1) is 0 Å². The Kier molecular flexibility index (Phi) is 10.4. The van der Waals surface area contributed by atoms with Gasteiger partial charge in [0.1, 0.15) is 6.04 Å². The molecule has 2 amide bonds. The van der Waals surface area contributed by atoms with Gasteiger partial charge in [0.05, 0.1) is 11.9 Å². The summed E-state index contributed by atoms with van der Waals surface area (Å²) < 4.78 is 26.0. The van der Waals surface area contributed by atoms with Crippen LogP contribution in [0, 0.1) is 6.92 Å². The number of nitrogens with one attached hydrogen (secondary N) is 1. The van der Waals surface area contributed by atoms with E-state index in [1.54, 1.807) is 29.2 Å². The van der Waals surface area contributed by atoms with Crippen LogP contribution in [0.15, 0.2) is 48.5 Å². The summed E-state index contributed by atoms with van der Waals surface area (Å²) in [7, 11) is -3.56. The van der Waals surface area contributed by atoms with Crippen LogP contribution < -0.4 is 9.62 Å². The highest BCUT2D eigenvalue weighted by molar-refractivity contribution is 7.92. The zero-order valence-electron chi connectivity index (χ0n) is 20.3. The lowest BCUT2D eigenvalue weighted by Crippen LogP contribution is -2.49. The molecule has 7 nitrogen and oxygen atoms in total. The molecule has 0 unspecified atom stereocenters. The molecule has 0 saturated heterocycles. The molecule has 0 fully saturated rings. The Labute approximate surface area is 208 Å². The van der Waals surface area contributed by atoms with Crippen molar-refractivity contribution in [2.45, 2.75) is 52.6 Å². The van der Waals surface area contributed by atoms with Crippen LogP contribution in [0.5, 0.6) is 0 Å². The van der Waals surface area contributed by atoms with E-state index in [0.29, 0.717) is 36.6 Å². The SMILES string of the molecule is CCNC(=O)[C@H](CC)N(Cc1cccc(C)c1)C(=O)CCCN(c1cccc(Cl)c1)S(C)(=O)=O. The number of halogens is 1. The van der Waals surface area contributed by atoms with Crippen LogP contribution >= 0.6 is 11.6 Å². The van der Waals surface area contributed by atoms with E-state index in [2.05, 4.69) is 5.32 Å². The molecule has 0 spiro atoms. The van der Waals surface area contributed by atoms with Crippen LogP contribution in [0.4, 0.5) is 5.69 Å². The molecular formula is C25H34ClN3O4S. The van der Waals surface area contributed by atoms with Crippen LogP contribution in [0.25, 0.3) is 0 Å². The quantitative estimate of drug-likeness (QED) is 0.467. The Bertz CT molecular complexity index is 1090. The molecule has 0 aliphatic heterocycles. The number of aryl methyl sites for hydroxylation is 1. The van der Waals surface area contributed by atoms with E-state index in [4.69, 9.17) is 11.6 Å². The summed E-state index contributed by atoms with van der Waals surface area (Å²) in [5, 5.41) is 3.25. The van der Waals surface area contributed by atoms with Gasteiger partial charge in [0.15, 0.2) is 0 Å². The number of carbonyl (C=O) groups is 2. The van der Waals surface area contributed by atoms with Crippen LogP contribution in [0.1, 0.15) is 44.2 Å². The molecule has 186 valence electrons. The number of amides is 2. The molecule has 2 aromatic rings. The highest BCUT2D eigenvalue weighted by Gasteiger charge is 2.28. The van der Waals surface area contributed by atoms with E-state index < -0.39 is 16.1 Å². The van der Waals surface area contributed by atoms with Crippen LogP contribution in [0.3, 0.4) is 0 Å². The maximum Gasteiger partial charge on any atom is 0.242 e. The number of anilines is 1. The maximum atomic E-state index is 13.3. The molecular weight excluding hydrogens is 474 g/mol. The summed E-state index contributed by atoms with van der Waals surface area (Å²) in [5.41, 5.74) is 2.46. The number of likely N-dealkylation sites (N-methyl/N-ethyl adjacent to an activating group) is 1. The van der Waals surface area contributed by atoms with Crippen LogP contribution in [-0.2, 0) is 26.2 Å². The Balaban J connectivity index is 2.20. The number of carbonyl (C=O) groups excluding carboxylic acids is 2. The molecule has 0 bridgehead atoms. The van der Waals surface area contributed by atoms with Crippen molar-refractivity contribution >= 4 is 39.1 Å². The minimum absolute atomic E-state index is 0.105. The average molecular weight is 508 g/mol. The van der Waals surface area contributed by atoms with E-state index in [9.17, 15) is 18.0 Å².